The van der Waals surface area contributed by atoms with Gasteiger partial charge in [0.2, 0.25) is 11.8 Å². The van der Waals surface area contributed by atoms with E-state index in [1.165, 1.54) is 0 Å². The first-order chi connectivity index (χ1) is 13.7. The van der Waals surface area contributed by atoms with E-state index >= 15 is 0 Å². The van der Waals surface area contributed by atoms with Crippen LogP contribution in [0.5, 0.6) is 0 Å². The summed E-state index contributed by atoms with van der Waals surface area (Å²) in [6.45, 7) is 16.9. The lowest BCUT2D eigenvalue weighted by molar-refractivity contribution is -0.142. The Kier molecular flexibility index (Phi) is 11.1. The third-order valence-electron chi connectivity index (χ3n) is 5.89. The first kappa shape index (κ1) is 25.9. The molecule has 7 heteroatoms. The van der Waals surface area contributed by atoms with Crippen LogP contribution in [0.2, 0.25) is 0 Å². The molecule has 0 N–H and O–H groups in total. The van der Waals surface area contributed by atoms with Crippen molar-refractivity contribution in [1.82, 2.24) is 9.80 Å². The highest BCUT2D eigenvalue weighted by Crippen LogP contribution is 2.24. The first-order valence-corrected chi connectivity index (χ1v) is 11.0. The molecule has 0 aromatic carbocycles. The predicted molar refractivity (Wildman–Crippen MR) is 114 cm³/mol. The summed E-state index contributed by atoms with van der Waals surface area (Å²) in [5, 5.41) is 0. The van der Waals surface area contributed by atoms with Crippen LogP contribution in [-0.2, 0) is 23.8 Å². The van der Waals surface area contributed by atoms with Crippen molar-refractivity contribution in [1.29, 1.82) is 0 Å². The molecular weight excluding hydrogens is 372 g/mol. The third-order valence-corrected chi connectivity index (χ3v) is 5.89. The summed E-state index contributed by atoms with van der Waals surface area (Å²) in [5.41, 5.74) is -0.804. The summed E-state index contributed by atoms with van der Waals surface area (Å²) in [6, 6.07) is 0. The maximum Gasteiger partial charge on any atom is 0.228 e. The van der Waals surface area contributed by atoms with Crippen molar-refractivity contribution < 1.29 is 23.8 Å². The first-order valence-electron chi connectivity index (χ1n) is 11.0. The van der Waals surface area contributed by atoms with Crippen LogP contribution in [0.15, 0.2) is 0 Å². The summed E-state index contributed by atoms with van der Waals surface area (Å²) < 4.78 is 17.1. The van der Waals surface area contributed by atoms with Crippen LogP contribution >= 0.6 is 0 Å². The molecule has 0 aromatic heterocycles. The molecule has 0 spiro atoms. The molecule has 0 bridgehead atoms. The molecule has 0 aromatic rings. The molecule has 1 heterocycles. The van der Waals surface area contributed by atoms with Gasteiger partial charge in [0, 0.05) is 37.0 Å². The number of hydrogen-bond acceptors (Lipinski definition) is 5. The molecular formula is C22H42N2O5. The topological polar surface area (TPSA) is 68.3 Å². The number of amides is 2. The highest BCUT2D eigenvalue weighted by atomic mass is 16.5. The van der Waals surface area contributed by atoms with Gasteiger partial charge >= 0.3 is 0 Å². The van der Waals surface area contributed by atoms with Gasteiger partial charge in [0.05, 0.1) is 39.6 Å². The second-order valence-corrected chi connectivity index (χ2v) is 8.90. The van der Waals surface area contributed by atoms with Crippen molar-refractivity contribution in [3.8, 4) is 0 Å². The molecule has 1 saturated heterocycles. The van der Waals surface area contributed by atoms with Crippen molar-refractivity contribution in [3.05, 3.63) is 0 Å². The van der Waals surface area contributed by atoms with Gasteiger partial charge in [0.1, 0.15) is 0 Å². The smallest absolute Gasteiger partial charge is 0.228 e. The van der Waals surface area contributed by atoms with Gasteiger partial charge in [-0.2, -0.15) is 0 Å². The fourth-order valence-corrected chi connectivity index (χ4v) is 2.91. The molecule has 0 saturated carbocycles. The van der Waals surface area contributed by atoms with Crippen molar-refractivity contribution in [2.75, 3.05) is 65.8 Å². The number of hydrogen-bond donors (Lipinski definition) is 0. The largest absolute Gasteiger partial charge is 0.378 e. The minimum absolute atomic E-state index is 0.120. The standard InChI is InChI=1S/C22H42N2O5/c1-7-21(3,4)19(25)23-9-13-27-14-10-24(20(26)22(5,6)8-2)12-16-29-18-17-28-15-11-23/h7-18H2,1-6H3. The highest BCUT2D eigenvalue weighted by molar-refractivity contribution is 5.82. The fraction of sp³-hybridized carbons (Fsp3) is 0.909. The monoisotopic (exact) mass is 414 g/mol. The minimum Gasteiger partial charge on any atom is -0.378 e. The Hall–Kier alpha value is -1.18. The van der Waals surface area contributed by atoms with E-state index in [2.05, 4.69) is 0 Å². The number of carbonyl (C=O) groups excluding carboxylic acids is 2. The number of ether oxygens (including phenoxy) is 3. The fourth-order valence-electron chi connectivity index (χ4n) is 2.91. The van der Waals surface area contributed by atoms with Crippen LogP contribution in [-0.4, -0.2) is 87.4 Å². The van der Waals surface area contributed by atoms with E-state index in [9.17, 15) is 9.59 Å². The molecule has 7 nitrogen and oxygen atoms in total. The Morgan fingerprint density at radius 3 is 1.17 bits per heavy atom. The lowest BCUT2D eigenvalue weighted by Gasteiger charge is -2.32. The summed E-state index contributed by atoms with van der Waals surface area (Å²) in [5.74, 6) is 0.239. The van der Waals surface area contributed by atoms with Gasteiger partial charge < -0.3 is 24.0 Å². The van der Waals surface area contributed by atoms with E-state index in [1.807, 2.05) is 51.3 Å². The van der Waals surface area contributed by atoms with Gasteiger partial charge in [-0.25, -0.2) is 0 Å². The van der Waals surface area contributed by atoms with Crippen LogP contribution in [0.1, 0.15) is 54.4 Å². The maximum absolute atomic E-state index is 12.9. The van der Waals surface area contributed by atoms with E-state index in [1.54, 1.807) is 0 Å². The molecule has 0 aliphatic carbocycles. The molecule has 29 heavy (non-hydrogen) atoms. The second-order valence-electron chi connectivity index (χ2n) is 8.90. The molecule has 0 unspecified atom stereocenters. The lowest BCUT2D eigenvalue weighted by Crippen LogP contribution is -2.45. The normalized spacial score (nSPS) is 19.4. The second kappa shape index (κ2) is 12.5. The Morgan fingerprint density at radius 1 is 0.621 bits per heavy atom. The number of carbonyl (C=O) groups is 2. The summed E-state index contributed by atoms with van der Waals surface area (Å²) in [7, 11) is 0. The van der Waals surface area contributed by atoms with Crippen LogP contribution in [0, 0.1) is 10.8 Å². The highest BCUT2D eigenvalue weighted by Gasteiger charge is 2.31. The molecule has 1 rings (SSSR count). The van der Waals surface area contributed by atoms with E-state index in [4.69, 9.17) is 14.2 Å². The van der Waals surface area contributed by atoms with Crippen molar-refractivity contribution in [2.24, 2.45) is 10.8 Å². The predicted octanol–water partition coefficient (Wildman–Crippen LogP) is 2.58. The van der Waals surface area contributed by atoms with Crippen LogP contribution in [0.25, 0.3) is 0 Å². The average Bonchev–Trinajstić information content (AvgIpc) is 2.71. The van der Waals surface area contributed by atoms with Gasteiger partial charge in [-0.1, -0.05) is 41.5 Å². The van der Waals surface area contributed by atoms with Gasteiger partial charge in [-0.15, -0.1) is 0 Å². The molecule has 170 valence electrons. The quantitative estimate of drug-likeness (QED) is 0.707. The molecule has 1 fully saturated rings. The van der Waals surface area contributed by atoms with Crippen LogP contribution in [0.4, 0.5) is 0 Å². The Bertz CT molecular complexity index is 463. The van der Waals surface area contributed by atoms with Crippen molar-refractivity contribution in [3.63, 3.8) is 0 Å². The van der Waals surface area contributed by atoms with E-state index < -0.39 is 10.8 Å². The number of nitrogens with zero attached hydrogens (tertiary/aromatic N) is 2. The minimum atomic E-state index is -0.402. The van der Waals surface area contributed by atoms with E-state index in [0.29, 0.717) is 65.8 Å². The Labute approximate surface area is 177 Å². The van der Waals surface area contributed by atoms with E-state index in [0.717, 1.165) is 12.8 Å². The zero-order chi connectivity index (χ0) is 21.9. The van der Waals surface area contributed by atoms with Gasteiger partial charge in [-0.3, -0.25) is 9.59 Å². The zero-order valence-corrected chi connectivity index (χ0v) is 19.4. The third kappa shape index (κ3) is 8.60. The van der Waals surface area contributed by atoms with Gasteiger partial charge in [0.15, 0.2) is 0 Å². The Morgan fingerprint density at radius 2 is 0.897 bits per heavy atom. The zero-order valence-electron chi connectivity index (χ0n) is 19.4. The molecule has 0 atom stereocenters. The van der Waals surface area contributed by atoms with E-state index in [-0.39, 0.29) is 11.8 Å². The number of rotatable bonds is 4. The summed E-state index contributed by atoms with van der Waals surface area (Å²) in [6.07, 6.45) is 1.56. The molecule has 0 radical (unpaired) electrons. The van der Waals surface area contributed by atoms with Gasteiger partial charge in [-0.05, 0) is 12.8 Å². The maximum atomic E-state index is 12.9. The SMILES string of the molecule is CCC(C)(C)C(=O)N1CCOCCOCCN(C(=O)C(C)(C)CC)CCOCC1. The summed E-state index contributed by atoms with van der Waals surface area (Å²) in [4.78, 5) is 29.4. The lowest BCUT2D eigenvalue weighted by atomic mass is 9.88. The Balaban J connectivity index is 2.73. The average molecular weight is 415 g/mol. The van der Waals surface area contributed by atoms with Crippen LogP contribution < -0.4 is 0 Å². The summed E-state index contributed by atoms with van der Waals surface area (Å²) >= 11 is 0. The molecule has 1 aliphatic rings. The molecule has 1 aliphatic heterocycles. The van der Waals surface area contributed by atoms with Crippen LogP contribution in [0.3, 0.4) is 0 Å². The van der Waals surface area contributed by atoms with Crippen molar-refractivity contribution >= 4 is 11.8 Å². The van der Waals surface area contributed by atoms with Crippen molar-refractivity contribution in [2.45, 2.75) is 54.4 Å². The van der Waals surface area contributed by atoms with Gasteiger partial charge in [0.25, 0.3) is 0 Å². The molecule has 2 amide bonds.